The van der Waals surface area contributed by atoms with Crippen molar-refractivity contribution in [1.29, 1.82) is 0 Å². The Morgan fingerprint density at radius 2 is 2.24 bits per heavy atom. The number of aliphatic imine (C=N–C) groups is 1. The summed E-state index contributed by atoms with van der Waals surface area (Å²) >= 11 is 0. The van der Waals surface area contributed by atoms with E-state index in [2.05, 4.69) is 4.99 Å². The zero-order chi connectivity index (χ0) is 12.2. The Kier molecular flexibility index (Phi) is 7.33. The second kappa shape index (κ2) is 7.37. The van der Waals surface area contributed by atoms with Gasteiger partial charge in [0, 0.05) is 19.3 Å². The molecule has 1 heterocycles. The summed E-state index contributed by atoms with van der Waals surface area (Å²) in [5, 5.41) is 0. The van der Waals surface area contributed by atoms with Gasteiger partial charge in [0.25, 0.3) is 0 Å². The molecule has 1 rings (SSSR count). The first-order chi connectivity index (χ1) is 7.38. The summed E-state index contributed by atoms with van der Waals surface area (Å²) in [4.78, 5) is 5.97. The van der Waals surface area contributed by atoms with Crippen molar-refractivity contribution < 1.29 is 13.2 Å². The summed E-state index contributed by atoms with van der Waals surface area (Å²) < 4.78 is 27.2. The Hall–Kier alpha value is -0.0900. The maximum Gasteiger partial charge on any atom is 0.191 e. The van der Waals surface area contributed by atoms with Crippen LogP contribution in [0, 0.1) is 0 Å². The van der Waals surface area contributed by atoms with Crippen LogP contribution in [-0.2, 0) is 14.6 Å². The average molecular weight is 377 g/mol. The molecule has 0 aromatic heterocycles. The van der Waals surface area contributed by atoms with E-state index >= 15 is 0 Å². The van der Waals surface area contributed by atoms with E-state index in [-0.39, 0.29) is 42.4 Å². The molecule has 0 amide bonds. The van der Waals surface area contributed by atoms with Crippen molar-refractivity contribution in [2.75, 3.05) is 38.2 Å². The summed E-state index contributed by atoms with van der Waals surface area (Å²) in [6.45, 7) is 4.22. The SMILES string of the molecule is CC1CN(C(N)=NCCS(C)(=O)=O)CCO1.I. The van der Waals surface area contributed by atoms with Gasteiger partial charge in [-0.2, -0.15) is 0 Å². The van der Waals surface area contributed by atoms with Gasteiger partial charge in [0.1, 0.15) is 9.84 Å². The molecule has 0 saturated carbocycles. The lowest BCUT2D eigenvalue weighted by Gasteiger charge is -2.31. The number of hydrogen-bond acceptors (Lipinski definition) is 4. The summed E-state index contributed by atoms with van der Waals surface area (Å²) in [5.74, 6) is 0.437. The molecule has 1 aliphatic heterocycles. The molecule has 17 heavy (non-hydrogen) atoms. The zero-order valence-electron chi connectivity index (χ0n) is 10.1. The van der Waals surface area contributed by atoms with Crippen LogP contribution in [0.2, 0.25) is 0 Å². The summed E-state index contributed by atoms with van der Waals surface area (Å²) in [6, 6.07) is 0. The minimum Gasteiger partial charge on any atom is -0.375 e. The molecule has 1 unspecified atom stereocenters. The summed E-state index contributed by atoms with van der Waals surface area (Å²) in [6.07, 6.45) is 1.33. The van der Waals surface area contributed by atoms with Crippen LogP contribution >= 0.6 is 24.0 Å². The van der Waals surface area contributed by atoms with Crippen LogP contribution < -0.4 is 5.73 Å². The fourth-order valence-corrected chi connectivity index (χ4v) is 1.88. The number of sulfone groups is 1. The fourth-order valence-electron chi connectivity index (χ4n) is 1.45. The van der Waals surface area contributed by atoms with E-state index in [1.807, 2.05) is 11.8 Å². The summed E-state index contributed by atoms with van der Waals surface area (Å²) in [5.41, 5.74) is 5.77. The normalized spacial score (nSPS) is 22.1. The number of hydrogen-bond donors (Lipinski definition) is 1. The van der Waals surface area contributed by atoms with Crippen LogP contribution in [0.1, 0.15) is 6.92 Å². The van der Waals surface area contributed by atoms with Crippen molar-refractivity contribution >= 4 is 39.8 Å². The molecule has 0 aromatic carbocycles. The smallest absolute Gasteiger partial charge is 0.191 e. The van der Waals surface area contributed by atoms with Crippen LogP contribution in [0.3, 0.4) is 0 Å². The second-order valence-corrected chi connectivity index (χ2v) is 6.26. The maximum atomic E-state index is 10.9. The van der Waals surface area contributed by atoms with Gasteiger partial charge >= 0.3 is 0 Å². The predicted molar refractivity (Wildman–Crippen MR) is 78.6 cm³/mol. The lowest BCUT2D eigenvalue weighted by molar-refractivity contribution is 0.00531. The van der Waals surface area contributed by atoms with Crippen molar-refractivity contribution in [1.82, 2.24) is 4.90 Å². The molecule has 1 saturated heterocycles. The molecular formula is C9H20IN3O3S. The maximum absolute atomic E-state index is 10.9. The Morgan fingerprint density at radius 3 is 2.76 bits per heavy atom. The summed E-state index contributed by atoms with van der Waals surface area (Å²) in [7, 11) is -2.97. The van der Waals surface area contributed by atoms with Gasteiger partial charge in [0.05, 0.1) is 25.0 Å². The Bertz CT molecular complexity index is 358. The van der Waals surface area contributed by atoms with Crippen molar-refractivity contribution in [3.05, 3.63) is 0 Å². The van der Waals surface area contributed by atoms with Crippen LogP contribution in [0.5, 0.6) is 0 Å². The lowest BCUT2D eigenvalue weighted by atomic mass is 10.3. The zero-order valence-corrected chi connectivity index (χ0v) is 13.3. The van der Waals surface area contributed by atoms with Crippen LogP contribution in [0.4, 0.5) is 0 Å². The molecule has 102 valence electrons. The van der Waals surface area contributed by atoms with Gasteiger partial charge in [-0.1, -0.05) is 0 Å². The van der Waals surface area contributed by atoms with Crippen LogP contribution in [0.15, 0.2) is 4.99 Å². The van der Waals surface area contributed by atoms with Crippen molar-refractivity contribution in [2.24, 2.45) is 10.7 Å². The van der Waals surface area contributed by atoms with Crippen molar-refractivity contribution in [3.63, 3.8) is 0 Å². The molecule has 0 bridgehead atoms. The number of guanidine groups is 1. The highest BCUT2D eigenvalue weighted by atomic mass is 127. The molecule has 6 nitrogen and oxygen atoms in total. The molecule has 8 heteroatoms. The molecule has 1 atom stereocenters. The van der Waals surface area contributed by atoms with Gasteiger partial charge in [-0.3, -0.25) is 4.99 Å². The van der Waals surface area contributed by atoms with E-state index in [0.29, 0.717) is 25.7 Å². The number of rotatable bonds is 3. The monoisotopic (exact) mass is 377 g/mol. The fraction of sp³-hybridized carbons (Fsp3) is 0.889. The van der Waals surface area contributed by atoms with Crippen LogP contribution in [0.25, 0.3) is 0 Å². The minimum atomic E-state index is -2.97. The highest BCUT2D eigenvalue weighted by molar-refractivity contribution is 14.0. The first-order valence-electron chi connectivity index (χ1n) is 5.22. The molecule has 0 spiro atoms. The molecular weight excluding hydrogens is 357 g/mol. The number of ether oxygens (including phenoxy) is 1. The Balaban J connectivity index is 0.00000256. The number of morpholine rings is 1. The third kappa shape index (κ3) is 7.04. The van der Waals surface area contributed by atoms with E-state index < -0.39 is 9.84 Å². The third-order valence-electron chi connectivity index (χ3n) is 2.30. The van der Waals surface area contributed by atoms with Gasteiger partial charge < -0.3 is 15.4 Å². The van der Waals surface area contributed by atoms with E-state index in [1.165, 1.54) is 6.26 Å². The van der Waals surface area contributed by atoms with Gasteiger partial charge in [0.15, 0.2) is 5.96 Å². The molecule has 1 fully saturated rings. The molecule has 1 aliphatic rings. The van der Waals surface area contributed by atoms with Gasteiger partial charge in [-0.05, 0) is 6.92 Å². The standard InChI is InChI=1S/C9H19N3O3S.HI/c1-8-7-12(4-5-15-8)9(10)11-3-6-16(2,13)14;/h8H,3-7H2,1-2H3,(H2,10,11);1H. The number of halogens is 1. The van der Waals surface area contributed by atoms with Gasteiger partial charge in [-0.15, -0.1) is 24.0 Å². The minimum absolute atomic E-state index is 0. The first kappa shape index (κ1) is 16.9. The van der Waals surface area contributed by atoms with E-state index in [4.69, 9.17) is 10.5 Å². The number of nitrogens with two attached hydrogens (primary N) is 1. The molecule has 0 aromatic rings. The Labute approximate surface area is 120 Å². The van der Waals surface area contributed by atoms with Crippen molar-refractivity contribution in [2.45, 2.75) is 13.0 Å². The predicted octanol–water partition coefficient (Wildman–Crippen LogP) is -0.316. The molecule has 0 aliphatic carbocycles. The van der Waals surface area contributed by atoms with E-state index in [9.17, 15) is 8.42 Å². The average Bonchev–Trinajstić information content (AvgIpc) is 2.15. The molecule has 2 N–H and O–H groups in total. The van der Waals surface area contributed by atoms with Crippen LogP contribution in [-0.4, -0.2) is 63.6 Å². The number of nitrogens with zero attached hydrogens (tertiary/aromatic N) is 2. The first-order valence-corrected chi connectivity index (χ1v) is 7.29. The van der Waals surface area contributed by atoms with E-state index in [0.717, 1.165) is 0 Å². The highest BCUT2D eigenvalue weighted by Crippen LogP contribution is 2.03. The van der Waals surface area contributed by atoms with Gasteiger partial charge in [0.2, 0.25) is 0 Å². The topological polar surface area (TPSA) is 85.0 Å². The Morgan fingerprint density at radius 1 is 1.59 bits per heavy atom. The quantitative estimate of drug-likeness (QED) is 0.414. The lowest BCUT2D eigenvalue weighted by Crippen LogP contribution is -2.48. The van der Waals surface area contributed by atoms with Gasteiger partial charge in [-0.25, -0.2) is 8.42 Å². The molecule has 0 radical (unpaired) electrons. The highest BCUT2D eigenvalue weighted by Gasteiger charge is 2.17. The van der Waals surface area contributed by atoms with Crippen molar-refractivity contribution in [3.8, 4) is 0 Å². The third-order valence-corrected chi connectivity index (χ3v) is 3.23. The largest absolute Gasteiger partial charge is 0.375 e. The van der Waals surface area contributed by atoms with E-state index in [1.54, 1.807) is 0 Å². The second-order valence-electron chi connectivity index (χ2n) is 4.00.